The van der Waals surface area contributed by atoms with Gasteiger partial charge in [-0.25, -0.2) is 9.59 Å². The molecule has 1 unspecified atom stereocenters. The van der Waals surface area contributed by atoms with Crippen LogP contribution in [0.1, 0.15) is 17.4 Å². The summed E-state index contributed by atoms with van der Waals surface area (Å²) < 4.78 is 21.2. The SMILES string of the molecule is COC(=O)C1=C(C(=O)OC)N(c2cc(-c3nnc(C)o3)ccc2OC)C(N)=C(C#N)C1c1ccccc1. The lowest BCUT2D eigenvalue weighted by Crippen LogP contribution is -2.41. The van der Waals surface area contributed by atoms with E-state index in [4.69, 9.17) is 24.4 Å². The van der Waals surface area contributed by atoms with Crippen LogP contribution in [-0.2, 0) is 19.1 Å². The summed E-state index contributed by atoms with van der Waals surface area (Å²) in [6, 6.07) is 15.7. The van der Waals surface area contributed by atoms with E-state index < -0.39 is 17.9 Å². The maximum absolute atomic E-state index is 13.3. The maximum Gasteiger partial charge on any atom is 0.355 e. The highest BCUT2D eigenvalue weighted by atomic mass is 16.5. The molecule has 0 saturated carbocycles. The zero-order valence-electron chi connectivity index (χ0n) is 20.5. The highest BCUT2D eigenvalue weighted by Gasteiger charge is 2.43. The van der Waals surface area contributed by atoms with Crippen molar-refractivity contribution in [3.05, 3.63) is 82.6 Å². The normalized spacial score (nSPS) is 15.3. The number of nitrogens with two attached hydrogens (primary N) is 1. The van der Waals surface area contributed by atoms with E-state index in [0.717, 1.165) is 0 Å². The molecule has 37 heavy (non-hydrogen) atoms. The van der Waals surface area contributed by atoms with Gasteiger partial charge < -0.3 is 24.4 Å². The van der Waals surface area contributed by atoms with E-state index in [1.165, 1.54) is 26.2 Å². The van der Waals surface area contributed by atoms with Gasteiger partial charge in [-0.15, -0.1) is 10.2 Å². The summed E-state index contributed by atoms with van der Waals surface area (Å²) in [5.74, 6) is -1.95. The number of hydrogen-bond donors (Lipinski definition) is 1. The van der Waals surface area contributed by atoms with Crippen LogP contribution < -0.4 is 15.4 Å². The number of ether oxygens (including phenoxy) is 3. The van der Waals surface area contributed by atoms with Gasteiger partial charge in [0.05, 0.1) is 50.2 Å². The van der Waals surface area contributed by atoms with Gasteiger partial charge in [-0.1, -0.05) is 30.3 Å². The van der Waals surface area contributed by atoms with Crippen LogP contribution in [0.15, 0.2) is 75.6 Å². The number of esters is 2. The molecule has 1 aromatic heterocycles. The Hall–Kier alpha value is -5.11. The number of hydrogen-bond acceptors (Lipinski definition) is 11. The molecule has 4 rings (SSSR count). The van der Waals surface area contributed by atoms with Crippen LogP contribution >= 0.6 is 0 Å². The Morgan fingerprint density at radius 1 is 1.05 bits per heavy atom. The molecule has 3 aromatic rings. The minimum Gasteiger partial charge on any atom is -0.495 e. The third-order valence-electron chi connectivity index (χ3n) is 5.80. The van der Waals surface area contributed by atoms with Gasteiger partial charge in [-0.3, -0.25) is 4.90 Å². The van der Waals surface area contributed by atoms with E-state index in [1.807, 2.05) is 0 Å². The van der Waals surface area contributed by atoms with Crippen LogP contribution in [0.25, 0.3) is 11.5 Å². The van der Waals surface area contributed by atoms with Crippen LogP contribution in [0, 0.1) is 18.3 Å². The lowest BCUT2D eigenvalue weighted by atomic mass is 9.81. The van der Waals surface area contributed by atoms with Crippen molar-refractivity contribution in [3.63, 3.8) is 0 Å². The van der Waals surface area contributed by atoms with Crippen LogP contribution in [0.5, 0.6) is 5.75 Å². The number of carbonyl (C=O) groups excluding carboxylic acids is 2. The standard InChI is InChI=1S/C26H23N5O6/c1-14-29-30-24(37-14)16-10-11-19(34-2)18(12-16)31-22(26(33)36-4)21(25(32)35-3)20(17(13-27)23(31)28)15-8-6-5-7-9-15/h5-12,20H,28H2,1-4H3. The third kappa shape index (κ3) is 4.36. The average molecular weight is 501 g/mol. The first-order valence-corrected chi connectivity index (χ1v) is 11.0. The molecule has 0 spiro atoms. The zero-order valence-corrected chi connectivity index (χ0v) is 20.5. The molecule has 0 radical (unpaired) electrons. The summed E-state index contributed by atoms with van der Waals surface area (Å²) in [5.41, 5.74) is 7.54. The summed E-state index contributed by atoms with van der Waals surface area (Å²) in [5, 5.41) is 18.1. The topological polar surface area (TPSA) is 154 Å². The Morgan fingerprint density at radius 2 is 1.76 bits per heavy atom. The molecule has 188 valence electrons. The van der Waals surface area contributed by atoms with Crippen molar-refractivity contribution in [2.45, 2.75) is 12.8 Å². The first-order chi connectivity index (χ1) is 17.9. The molecule has 0 fully saturated rings. The molecule has 11 nitrogen and oxygen atoms in total. The Morgan fingerprint density at radius 3 is 2.32 bits per heavy atom. The molecule has 2 heterocycles. The molecule has 1 aliphatic heterocycles. The largest absolute Gasteiger partial charge is 0.495 e. The number of allylic oxidation sites excluding steroid dienone is 1. The van der Waals surface area contributed by atoms with Crippen LogP contribution in [0.3, 0.4) is 0 Å². The van der Waals surface area contributed by atoms with Gasteiger partial charge in [-0.05, 0) is 23.8 Å². The summed E-state index contributed by atoms with van der Waals surface area (Å²) in [7, 11) is 3.79. The van der Waals surface area contributed by atoms with Gasteiger partial charge in [0.25, 0.3) is 0 Å². The van der Waals surface area contributed by atoms with E-state index >= 15 is 0 Å². The molecule has 0 aliphatic carbocycles. The first-order valence-electron chi connectivity index (χ1n) is 11.0. The number of anilines is 1. The number of benzene rings is 2. The smallest absolute Gasteiger partial charge is 0.355 e. The van der Waals surface area contributed by atoms with E-state index in [1.54, 1.807) is 55.5 Å². The molecule has 1 aliphatic rings. The Bertz CT molecular complexity index is 1470. The summed E-state index contributed by atoms with van der Waals surface area (Å²) in [6.07, 6.45) is 0. The molecular formula is C26H23N5O6. The first kappa shape index (κ1) is 25.0. The second kappa shape index (κ2) is 10.2. The number of aromatic nitrogens is 2. The molecule has 0 amide bonds. The number of rotatable bonds is 6. The van der Waals surface area contributed by atoms with E-state index in [9.17, 15) is 14.9 Å². The lowest BCUT2D eigenvalue weighted by molar-refractivity contribution is -0.139. The van der Waals surface area contributed by atoms with Crippen molar-refractivity contribution in [2.75, 3.05) is 26.2 Å². The minimum absolute atomic E-state index is 0.0281. The van der Waals surface area contributed by atoms with Gasteiger partial charge in [-0.2, -0.15) is 5.26 Å². The predicted octanol–water partition coefficient (Wildman–Crippen LogP) is 2.95. The fourth-order valence-corrected chi connectivity index (χ4v) is 4.17. The van der Waals surface area contributed by atoms with Gasteiger partial charge in [0.2, 0.25) is 11.8 Å². The lowest BCUT2D eigenvalue weighted by Gasteiger charge is -2.36. The minimum atomic E-state index is -0.989. The third-order valence-corrected chi connectivity index (χ3v) is 5.80. The second-order valence-corrected chi connectivity index (χ2v) is 7.85. The fraction of sp³-hybridized carbons (Fsp3) is 0.192. The molecule has 0 saturated heterocycles. The Labute approximate surface area is 212 Å². The van der Waals surface area contributed by atoms with Crippen molar-refractivity contribution >= 4 is 17.6 Å². The summed E-state index contributed by atoms with van der Waals surface area (Å²) >= 11 is 0. The van der Waals surface area contributed by atoms with E-state index in [-0.39, 0.29) is 40.0 Å². The Kier molecular flexibility index (Phi) is 6.92. The second-order valence-electron chi connectivity index (χ2n) is 7.85. The van der Waals surface area contributed by atoms with Gasteiger partial charge >= 0.3 is 11.9 Å². The highest BCUT2D eigenvalue weighted by molar-refractivity contribution is 6.06. The van der Waals surface area contributed by atoms with Crippen molar-refractivity contribution < 1.29 is 28.2 Å². The number of aryl methyl sites for hydroxylation is 1. The quantitative estimate of drug-likeness (QED) is 0.496. The van der Waals surface area contributed by atoms with Crippen LogP contribution in [0.2, 0.25) is 0 Å². The average Bonchev–Trinajstić information content (AvgIpc) is 3.37. The van der Waals surface area contributed by atoms with Crippen molar-refractivity contribution in [1.82, 2.24) is 10.2 Å². The summed E-state index contributed by atoms with van der Waals surface area (Å²) in [6.45, 7) is 1.65. The van der Waals surface area contributed by atoms with Crippen molar-refractivity contribution in [1.29, 1.82) is 5.26 Å². The fourth-order valence-electron chi connectivity index (χ4n) is 4.17. The van der Waals surface area contributed by atoms with E-state index in [2.05, 4.69) is 16.3 Å². The summed E-state index contributed by atoms with van der Waals surface area (Å²) in [4.78, 5) is 27.8. The molecule has 2 aromatic carbocycles. The molecule has 0 bridgehead atoms. The zero-order chi connectivity index (χ0) is 26.7. The van der Waals surface area contributed by atoms with Gasteiger partial charge in [0.1, 0.15) is 17.3 Å². The number of nitriles is 1. The monoisotopic (exact) mass is 501 g/mol. The molecular weight excluding hydrogens is 478 g/mol. The van der Waals surface area contributed by atoms with Crippen molar-refractivity contribution in [3.8, 4) is 23.3 Å². The van der Waals surface area contributed by atoms with E-state index in [0.29, 0.717) is 17.0 Å². The Balaban J connectivity index is 2.08. The van der Waals surface area contributed by atoms with Gasteiger partial charge in [0.15, 0.2) is 0 Å². The maximum atomic E-state index is 13.3. The van der Waals surface area contributed by atoms with Crippen LogP contribution in [0.4, 0.5) is 5.69 Å². The van der Waals surface area contributed by atoms with Crippen LogP contribution in [-0.4, -0.2) is 43.5 Å². The number of methoxy groups -OCH3 is 3. The van der Waals surface area contributed by atoms with Crippen molar-refractivity contribution in [2.24, 2.45) is 5.73 Å². The number of nitrogens with zero attached hydrogens (tertiary/aromatic N) is 4. The highest BCUT2D eigenvalue weighted by Crippen LogP contribution is 2.46. The predicted molar refractivity (Wildman–Crippen MR) is 131 cm³/mol. The molecule has 2 N–H and O–H groups in total. The number of carbonyl (C=O) groups is 2. The molecule has 11 heteroatoms. The van der Waals surface area contributed by atoms with Gasteiger partial charge in [0, 0.05) is 12.5 Å². The molecule has 1 atom stereocenters.